The number of nitrogens with zero attached hydrogens (tertiary/aromatic N) is 6. The number of nitrogens with one attached hydrogen (secondary N) is 3. The van der Waals surface area contributed by atoms with Crippen molar-refractivity contribution in [3.05, 3.63) is 52.7 Å². The summed E-state index contributed by atoms with van der Waals surface area (Å²) in [4.78, 5) is 29.6. The van der Waals surface area contributed by atoms with Crippen LogP contribution in [0.5, 0.6) is 0 Å². The Morgan fingerprint density at radius 1 is 1.10 bits per heavy atom. The van der Waals surface area contributed by atoms with E-state index in [0.717, 1.165) is 0 Å². The summed E-state index contributed by atoms with van der Waals surface area (Å²) < 4.78 is 26.6. The predicted octanol–water partition coefficient (Wildman–Crippen LogP) is 1.25. The molecule has 0 atom stereocenters. The van der Waals surface area contributed by atoms with Gasteiger partial charge in [0.15, 0.2) is 11.6 Å². The third-order valence-electron chi connectivity index (χ3n) is 4.57. The van der Waals surface area contributed by atoms with Gasteiger partial charge in [-0.2, -0.15) is 10.2 Å². The molecule has 4 aromatic heterocycles. The molecule has 0 saturated heterocycles. The first kappa shape index (κ1) is 15.7. The first-order chi connectivity index (χ1) is 15.5. The number of amides is 1. The molecule has 0 saturated carbocycles. The highest BCUT2D eigenvalue weighted by atomic mass is 16.1. The van der Waals surface area contributed by atoms with Gasteiger partial charge in [-0.05, 0) is 6.07 Å². The SMILES string of the molecule is [2H]C([2H])([2H])NC(=O)c1cnc(Nc2ccn(C)n2)cc1Nc1nn(C)c2ccn(C)c(=O)c12. The summed E-state index contributed by atoms with van der Waals surface area (Å²) in [7, 11) is 5.07. The van der Waals surface area contributed by atoms with E-state index in [4.69, 9.17) is 4.11 Å². The van der Waals surface area contributed by atoms with Crippen molar-refractivity contribution in [1.82, 2.24) is 34.4 Å². The molecule has 4 aromatic rings. The van der Waals surface area contributed by atoms with E-state index >= 15 is 0 Å². The van der Waals surface area contributed by atoms with Crippen molar-refractivity contribution in [2.75, 3.05) is 17.6 Å². The molecule has 4 heterocycles. The predicted molar refractivity (Wildman–Crippen MR) is 113 cm³/mol. The van der Waals surface area contributed by atoms with Gasteiger partial charge < -0.3 is 20.5 Å². The van der Waals surface area contributed by atoms with Gasteiger partial charge in [0.2, 0.25) is 0 Å². The Labute approximate surface area is 175 Å². The van der Waals surface area contributed by atoms with E-state index in [1.807, 2.05) is 5.32 Å². The molecule has 4 rings (SSSR count). The van der Waals surface area contributed by atoms with E-state index < -0.39 is 12.9 Å². The van der Waals surface area contributed by atoms with Crippen molar-refractivity contribution in [1.29, 1.82) is 0 Å². The number of anilines is 4. The molecule has 0 aliphatic heterocycles. The number of rotatable bonds is 5. The summed E-state index contributed by atoms with van der Waals surface area (Å²) in [6, 6.07) is 4.99. The molecule has 0 spiro atoms. The van der Waals surface area contributed by atoms with Gasteiger partial charge in [0.1, 0.15) is 11.2 Å². The number of hydrogen-bond acceptors (Lipinski definition) is 7. The zero-order chi connectivity index (χ0) is 23.9. The first-order valence-corrected chi connectivity index (χ1v) is 8.90. The molecule has 11 nitrogen and oxygen atoms in total. The van der Waals surface area contributed by atoms with Gasteiger partial charge in [-0.25, -0.2) is 4.98 Å². The van der Waals surface area contributed by atoms with Crippen LogP contribution in [0.25, 0.3) is 10.9 Å². The molecule has 11 heteroatoms. The molecular weight excluding hydrogens is 386 g/mol. The molecule has 0 unspecified atom stereocenters. The highest BCUT2D eigenvalue weighted by Gasteiger charge is 2.18. The number of aryl methyl sites for hydroxylation is 3. The highest BCUT2D eigenvalue weighted by molar-refractivity contribution is 6.01. The van der Waals surface area contributed by atoms with Crippen molar-refractivity contribution >= 4 is 40.0 Å². The highest BCUT2D eigenvalue weighted by Crippen LogP contribution is 2.27. The van der Waals surface area contributed by atoms with E-state index in [-0.39, 0.29) is 22.6 Å². The van der Waals surface area contributed by atoms with E-state index in [2.05, 4.69) is 25.8 Å². The molecule has 1 amide bonds. The van der Waals surface area contributed by atoms with Gasteiger partial charge in [-0.15, -0.1) is 0 Å². The molecule has 0 aliphatic rings. The number of aromatic nitrogens is 6. The fourth-order valence-corrected chi connectivity index (χ4v) is 3.07. The van der Waals surface area contributed by atoms with Gasteiger partial charge in [0.25, 0.3) is 11.5 Å². The average Bonchev–Trinajstić information content (AvgIpc) is 3.26. The smallest absolute Gasteiger partial charge is 0.263 e. The first-order valence-electron chi connectivity index (χ1n) is 10.4. The van der Waals surface area contributed by atoms with Crippen LogP contribution in [0.1, 0.15) is 14.5 Å². The molecule has 0 fully saturated rings. The van der Waals surface area contributed by atoms with Crippen molar-refractivity contribution in [3.63, 3.8) is 0 Å². The maximum atomic E-state index is 12.8. The molecular formula is C19H21N9O2. The Kier molecular flexibility index (Phi) is 3.86. The Hall–Kier alpha value is -4.15. The summed E-state index contributed by atoms with van der Waals surface area (Å²) in [6.45, 7) is -2.69. The number of fused-ring (bicyclic) bond motifs is 1. The van der Waals surface area contributed by atoms with E-state index in [1.165, 1.54) is 21.5 Å². The minimum atomic E-state index is -2.69. The normalized spacial score (nSPS) is 12.8. The Morgan fingerprint density at radius 2 is 1.93 bits per heavy atom. The van der Waals surface area contributed by atoms with Crippen LogP contribution in [-0.4, -0.2) is 42.0 Å². The van der Waals surface area contributed by atoms with Crippen molar-refractivity contribution in [2.24, 2.45) is 21.1 Å². The molecule has 0 radical (unpaired) electrons. The summed E-state index contributed by atoms with van der Waals surface area (Å²) in [5.74, 6) is 0.219. The Morgan fingerprint density at radius 3 is 2.67 bits per heavy atom. The summed E-state index contributed by atoms with van der Waals surface area (Å²) in [6.07, 6.45) is 4.61. The maximum absolute atomic E-state index is 12.8. The molecule has 0 aliphatic carbocycles. The van der Waals surface area contributed by atoms with Gasteiger partial charge >= 0.3 is 0 Å². The van der Waals surface area contributed by atoms with Crippen LogP contribution in [0, 0.1) is 0 Å². The lowest BCUT2D eigenvalue weighted by molar-refractivity contribution is 0.0963. The third kappa shape index (κ3) is 3.36. The van der Waals surface area contributed by atoms with Crippen LogP contribution in [0.4, 0.5) is 23.1 Å². The van der Waals surface area contributed by atoms with Gasteiger partial charge in [-0.3, -0.25) is 19.0 Å². The number of carbonyl (C=O) groups excluding carboxylic acids is 1. The van der Waals surface area contributed by atoms with Crippen molar-refractivity contribution < 1.29 is 8.91 Å². The zero-order valence-corrected chi connectivity index (χ0v) is 16.5. The van der Waals surface area contributed by atoms with Crippen LogP contribution in [0.15, 0.2) is 41.6 Å². The summed E-state index contributed by atoms with van der Waals surface area (Å²) in [5.41, 5.74) is 0.479. The van der Waals surface area contributed by atoms with Crippen LogP contribution < -0.4 is 21.5 Å². The van der Waals surface area contributed by atoms with Crippen molar-refractivity contribution in [3.8, 4) is 0 Å². The summed E-state index contributed by atoms with van der Waals surface area (Å²) >= 11 is 0. The second-order valence-corrected chi connectivity index (χ2v) is 6.66. The van der Waals surface area contributed by atoms with Crippen LogP contribution in [0.2, 0.25) is 0 Å². The van der Waals surface area contributed by atoms with E-state index in [9.17, 15) is 9.59 Å². The second-order valence-electron chi connectivity index (χ2n) is 6.66. The van der Waals surface area contributed by atoms with Crippen LogP contribution in [-0.2, 0) is 21.1 Å². The Bertz CT molecular complexity index is 1420. The van der Waals surface area contributed by atoms with E-state index in [1.54, 1.807) is 50.4 Å². The van der Waals surface area contributed by atoms with Crippen LogP contribution >= 0.6 is 0 Å². The fourth-order valence-electron chi connectivity index (χ4n) is 3.07. The molecule has 154 valence electrons. The quantitative estimate of drug-likeness (QED) is 0.452. The number of hydrogen-bond donors (Lipinski definition) is 3. The van der Waals surface area contributed by atoms with Gasteiger partial charge in [0, 0.05) is 63.0 Å². The van der Waals surface area contributed by atoms with Gasteiger partial charge in [0.05, 0.1) is 16.8 Å². The minimum absolute atomic E-state index is 0.0377. The largest absolute Gasteiger partial charge is 0.355 e. The number of pyridine rings is 2. The minimum Gasteiger partial charge on any atom is -0.355 e. The van der Waals surface area contributed by atoms with Crippen molar-refractivity contribution in [2.45, 2.75) is 0 Å². The molecule has 30 heavy (non-hydrogen) atoms. The fraction of sp³-hybridized carbons (Fsp3) is 0.211. The second kappa shape index (κ2) is 7.35. The van der Waals surface area contributed by atoms with E-state index in [0.29, 0.717) is 22.5 Å². The van der Waals surface area contributed by atoms with Gasteiger partial charge in [-0.1, -0.05) is 0 Å². The Balaban J connectivity index is 1.79. The monoisotopic (exact) mass is 410 g/mol. The molecule has 0 aromatic carbocycles. The van der Waals surface area contributed by atoms with Crippen LogP contribution in [0.3, 0.4) is 0 Å². The zero-order valence-electron chi connectivity index (χ0n) is 19.5. The standard InChI is InChI=1S/C19H21N9O2/c1-20-18(29)11-10-21-15(23-14-6-8-27(3)24-14)9-12(11)22-17-16-13(28(4)25-17)5-7-26(2)19(16)30/h5-10H,1-4H3,(H,20,29)(H2,21,22,23,24,25)/i1D3. The average molecular weight is 410 g/mol. The topological polar surface area (TPSA) is 124 Å². The maximum Gasteiger partial charge on any atom is 0.263 e. The number of carbonyl (C=O) groups is 1. The summed E-state index contributed by atoms with van der Waals surface area (Å²) in [5, 5.41) is 16.9. The molecule has 0 bridgehead atoms. The molecule has 3 N–H and O–H groups in total. The third-order valence-corrected chi connectivity index (χ3v) is 4.57. The lowest BCUT2D eigenvalue weighted by atomic mass is 10.2. The lowest BCUT2D eigenvalue weighted by Crippen LogP contribution is -2.20. The lowest BCUT2D eigenvalue weighted by Gasteiger charge is -2.12.